The standard InChI is InChI=1S/C22H25BrN2O4S/c1-25(21(27)18-6-7-19(23)30-18)13-20(26)24-14-22(8-2-3-9-22)15-4-5-16-17(12-15)29-11-10-28-16/h4-7,12H,2-3,8-11,13-14H2,1H3,(H,24,26). The lowest BCUT2D eigenvalue weighted by Crippen LogP contribution is -2.44. The Labute approximate surface area is 188 Å². The molecule has 0 unspecified atom stereocenters. The van der Waals surface area contributed by atoms with Crippen molar-refractivity contribution in [1.29, 1.82) is 0 Å². The maximum absolute atomic E-state index is 12.6. The van der Waals surface area contributed by atoms with Crippen LogP contribution in [0.3, 0.4) is 0 Å². The van der Waals surface area contributed by atoms with Gasteiger partial charge in [-0.25, -0.2) is 0 Å². The minimum absolute atomic E-state index is 0.0333. The Morgan fingerprint density at radius 3 is 2.57 bits per heavy atom. The number of carbonyl (C=O) groups excluding carboxylic acids is 2. The Morgan fingerprint density at radius 2 is 1.87 bits per heavy atom. The van der Waals surface area contributed by atoms with Gasteiger partial charge >= 0.3 is 0 Å². The molecule has 1 aliphatic carbocycles. The average molecular weight is 493 g/mol. The van der Waals surface area contributed by atoms with Crippen LogP contribution in [0.15, 0.2) is 34.1 Å². The van der Waals surface area contributed by atoms with Crippen molar-refractivity contribution in [2.45, 2.75) is 31.1 Å². The van der Waals surface area contributed by atoms with Crippen LogP contribution in [-0.4, -0.2) is 50.1 Å². The molecule has 0 spiro atoms. The van der Waals surface area contributed by atoms with E-state index in [2.05, 4.69) is 33.4 Å². The van der Waals surface area contributed by atoms with E-state index in [1.54, 1.807) is 13.1 Å². The molecule has 2 heterocycles. The monoisotopic (exact) mass is 492 g/mol. The molecular formula is C22H25BrN2O4S. The minimum atomic E-state index is -0.150. The molecule has 2 amide bonds. The first kappa shape index (κ1) is 21.2. The number of halogens is 1. The van der Waals surface area contributed by atoms with Crippen LogP contribution in [0.2, 0.25) is 0 Å². The van der Waals surface area contributed by atoms with Gasteiger partial charge in [-0.3, -0.25) is 9.59 Å². The van der Waals surface area contributed by atoms with E-state index in [1.807, 2.05) is 12.1 Å². The van der Waals surface area contributed by atoms with Crippen molar-refractivity contribution in [2.24, 2.45) is 0 Å². The quantitative estimate of drug-likeness (QED) is 0.661. The van der Waals surface area contributed by atoms with Crippen LogP contribution < -0.4 is 14.8 Å². The number of amides is 2. The average Bonchev–Trinajstić information content (AvgIpc) is 3.41. The molecule has 2 aliphatic rings. The highest BCUT2D eigenvalue weighted by Crippen LogP contribution is 2.43. The summed E-state index contributed by atoms with van der Waals surface area (Å²) in [6.45, 7) is 1.72. The predicted octanol–water partition coefficient (Wildman–Crippen LogP) is 3.98. The number of hydrogen-bond donors (Lipinski definition) is 1. The van der Waals surface area contributed by atoms with E-state index in [1.165, 1.54) is 21.8 Å². The first-order chi connectivity index (χ1) is 14.5. The second-order valence-electron chi connectivity index (χ2n) is 7.89. The largest absolute Gasteiger partial charge is 0.486 e. The summed E-state index contributed by atoms with van der Waals surface area (Å²) in [6, 6.07) is 9.73. The summed E-state index contributed by atoms with van der Waals surface area (Å²) in [5.41, 5.74) is 1.07. The number of likely N-dealkylation sites (N-methyl/N-ethyl adjacent to an activating group) is 1. The molecule has 8 heteroatoms. The number of carbonyl (C=O) groups is 2. The Balaban J connectivity index is 1.40. The number of thiophene rings is 1. The van der Waals surface area contributed by atoms with Gasteiger partial charge in [-0.05, 0) is 58.6 Å². The predicted molar refractivity (Wildman–Crippen MR) is 120 cm³/mol. The van der Waals surface area contributed by atoms with Crippen molar-refractivity contribution in [1.82, 2.24) is 10.2 Å². The van der Waals surface area contributed by atoms with Crippen molar-refractivity contribution in [3.63, 3.8) is 0 Å². The number of fused-ring (bicyclic) bond motifs is 1. The number of ether oxygens (including phenoxy) is 2. The zero-order valence-electron chi connectivity index (χ0n) is 16.9. The SMILES string of the molecule is CN(CC(=O)NCC1(c2ccc3c(c2)OCCO3)CCCC1)C(=O)c1ccc(Br)s1. The molecule has 1 N–H and O–H groups in total. The number of benzene rings is 1. The highest BCUT2D eigenvalue weighted by atomic mass is 79.9. The highest BCUT2D eigenvalue weighted by Gasteiger charge is 2.37. The first-order valence-electron chi connectivity index (χ1n) is 10.1. The fraction of sp³-hybridized carbons (Fsp3) is 0.455. The Bertz CT molecular complexity index is 939. The molecule has 1 aromatic heterocycles. The molecule has 0 atom stereocenters. The van der Waals surface area contributed by atoms with E-state index >= 15 is 0 Å². The number of nitrogens with zero attached hydrogens (tertiary/aromatic N) is 1. The van der Waals surface area contributed by atoms with E-state index in [0.29, 0.717) is 24.6 Å². The highest BCUT2D eigenvalue weighted by molar-refractivity contribution is 9.11. The van der Waals surface area contributed by atoms with E-state index in [-0.39, 0.29) is 23.8 Å². The molecule has 1 aromatic carbocycles. The third-order valence-corrected chi connectivity index (χ3v) is 7.46. The molecule has 4 rings (SSSR count). The van der Waals surface area contributed by atoms with E-state index in [0.717, 1.165) is 41.0 Å². The van der Waals surface area contributed by atoms with Gasteiger partial charge in [-0.15, -0.1) is 11.3 Å². The lowest BCUT2D eigenvalue weighted by Gasteiger charge is -2.31. The fourth-order valence-electron chi connectivity index (χ4n) is 4.22. The second-order valence-corrected chi connectivity index (χ2v) is 10.4. The van der Waals surface area contributed by atoms with Gasteiger partial charge in [0.2, 0.25) is 5.91 Å². The molecule has 2 aromatic rings. The Hall–Kier alpha value is -2.06. The molecule has 30 heavy (non-hydrogen) atoms. The molecule has 1 fully saturated rings. The number of rotatable bonds is 6. The zero-order chi connectivity index (χ0) is 21.1. The van der Waals surface area contributed by atoms with E-state index in [9.17, 15) is 9.59 Å². The van der Waals surface area contributed by atoms with Crippen molar-refractivity contribution in [3.05, 3.63) is 44.6 Å². The maximum atomic E-state index is 12.6. The molecule has 160 valence electrons. The van der Waals surface area contributed by atoms with Crippen molar-refractivity contribution >= 4 is 39.1 Å². The summed E-state index contributed by atoms with van der Waals surface area (Å²) in [4.78, 5) is 27.2. The smallest absolute Gasteiger partial charge is 0.264 e. The van der Waals surface area contributed by atoms with Gasteiger partial charge in [-0.2, -0.15) is 0 Å². The van der Waals surface area contributed by atoms with Crippen LogP contribution in [0, 0.1) is 0 Å². The van der Waals surface area contributed by atoms with Gasteiger partial charge < -0.3 is 19.7 Å². The molecule has 0 bridgehead atoms. The fourth-order valence-corrected chi connectivity index (χ4v) is 5.60. The lowest BCUT2D eigenvalue weighted by atomic mass is 9.78. The number of nitrogens with one attached hydrogen (secondary N) is 1. The van der Waals surface area contributed by atoms with E-state index < -0.39 is 0 Å². The topological polar surface area (TPSA) is 67.9 Å². The summed E-state index contributed by atoms with van der Waals surface area (Å²) < 4.78 is 12.3. The van der Waals surface area contributed by atoms with Crippen LogP contribution in [0.4, 0.5) is 0 Å². The lowest BCUT2D eigenvalue weighted by molar-refractivity contribution is -0.121. The summed E-state index contributed by atoms with van der Waals surface area (Å²) in [5.74, 6) is 1.26. The maximum Gasteiger partial charge on any atom is 0.264 e. The second kappa shape index (κ2) is 8.98. The van der Waals surface area contributed by atoms with Crippen LogP contribution in [0.5, 0.6) is 11.5 Å². The Morgan fingerprint density at radius 1 is 1.13 bits per heavy atom. The van der Waals surface area contributed by atoms with Crippen molar-refractivity contribution < 1.29 is 19.1 Å². The molecule has 1 aliphatic heterocycles. The van der Waals surface area contributed by atoms with Gasteiger partial charge in [0.1, 0.15) is 13.2 Å². The molecule has 6 nitrogen and oxygen atoms in total. The van der Waals surface area contributed by atoms with Crippen LogP contribution >= 0.6 is 27.3 Å². The summed E-state index contributed by atoms with van der Waals surface area (Å²) in [7, 11) is 1.65. The van der Waals surface area contributed by atoms with Crippen molar-refractivity contribution in [3.8, 4) is 11.5 Å². The van der Waals surface area contributed by atoms with Gasteiger partial charge in [0.25, 0.3) is 5.91 Å². The van der Waals surface area contributed by atoms with Gasteiger partial charge in [0.15, 0.2) is 11.5 Å². The summed E-state index contributed by atoms with van der Waals surface area (Å²) in [5, 5.41) is 3.08. The third-order valence-electron chi connectivity index (χ3n) is 5.85. The van der Waals surface area contributed by atoms with Crippen LogP contribution in [0.25, 0.3) is 0 Å². The molecule has 1 saturated carbocycles. The summed E-state index contributed by atoms with van der Waals surface area (Å²) >= 11 is 4.73. The van der Waals surface area contributed by atoms with Gasteiger partial charge in [-0.1, -0.05) is 18.9 Å². The Kier molecular flexibility index (Phi) is 6.34. The molecule has 0 saturated heterocycles. The third kappa shape index (κ3) is 4.49. The molecular weight excluding hydrogens is 468 g/mol. The zero-order valence-corrected chi connectivity index (χ0v) is 19.3. The first-order valence-corrected chi connectivity index (χ1v) is 11.8. The van der Waals surface area contributed by atoms with Crippen LogP contribution in [-0.2, 0) is 10.2 Å². The van der Waals surface area contributed by atoms with Crippen LogP contribution in [0.1, 0.15) is 40.9 Å². The summed E-state index contributed by atoms with van der Waals surface area (Å²) in [6.07, 6.45) is 4.31. The van der Waals surface area contributed by atoms with Gasteiger partial charge in [0.05, 0.1) is 15.2 Å². The van der Waals surface area contributed by atoms with E-state index in [4.69, 9.17) is 9.47 Å². The van der Waals surface area contributed by atoms with Crippen molar-refractivity contribution in [2.75, 3.05) is 33.4 Å². The minimum Gasteiger partial charge on any atom is -0.486 e. The van der Waals surface area contributed by atoms with Gasteiger partial charge in [0, 0.05) is 19.0 Å². The number of hydrogen-bond acceptors (Lipinski definition) is 5. The normalized spacial score (nSPS) is 16.9. The molecule has 0 radical (unpaired) electrons.